The van der Waals surface area contributed by atoms with E-state index in [1.807, 2.05) is 0 Å². The molecule has 10 heavy (non-hydrogen) atoms. The molecule has 60 valence electrons. The molecular weight excluding hydrogens is 134 g/mol. The van der Waals surface area contributed by atoms with Crippen molar-refractivity contribution in [3.63, 3.8) is 0 Å². The van der Waals surface area contributed by atoms with Gasteiger partial charge in [-0.1, -0.05) is 0 Å². The highest BCUT2D eigenvalue weighted by atomic mass is 16.5. The third kappa shape index (κ3) is 7.19. The van der Waals surface area contributed by atoms with Gasteiger partial charge in [-0.2, -0.15) is 0 Å². The molecule has 0 radical (unpaired) electrons. The summed E-state index contributed by atoms with van der Waals surface area (Å²) in [6, 6.07) is 0. The van der Waals surface area contributed by atoms with Crippen molar-refractivity contribution in [2.45, 2.75) is 6.42 Å². The number of nitrogens with one attached hydrogen (secondary N) is 2. The molecule has 5 heteroatoms. The Morgan fingerprint density at radius 3 is 2.90 bits per heavy atom. The third-order valence-electron chi connectivity index (χ3n) is 0.811. The first-order valence-electron chi connectivity index (χ1n) is 3.04. The molecule has 5 nitrogen and oxygen atoms in total. The highest BCUT2D eigenvalue weighted by molar-refractivity contribution is 5.73. The van der Waals surface area contributed by atoms with Crippen LogP contribution in [0.2, 0.25) is 0 Å². The number of guanidine groups is 1. The van der Waals surface area contributed by atoms with E-state index >= 15 is 0 Å². The van der Waals surface area contributed by atoms with Crippen molar-refractivity contribution in [1.29, 1.82) is 5.41 Å². The van der Waals surface area contributed by atoms with E-state index in [9.17, 15) is 0 Å². The molecule has 0 saturated carbocycles. The molecule has 0 aromatic heterocycles. The highest BCUT2D eigenvalue weighted by Gasteiger charge is 1.86. The van der Waals surface area contributed by atoms with Gasteiger partial charge in [0, 0.05) is 6.61 Å². The minimum absolute atomic E-state index is 0.107. The van der Waals surface area contributed by atoms with Crippen LogP contribution in [0.25, 0.3) is 0 Å². The predicted octanol–water partition coefficient (Wildman–Crippen LogP) is -1.17. The molecule has 0 aliphatic carbocycles. The summed E-state index contributed by atoms with van der Waals surface area (Å²) in [7, 11) is 0. The first-order chi connectivity index (χ1) is 4.77. The van der Waals surface area contributed by atoms with Crippen LogP contribution >= 0.6 is 0 Å². The van der Waals surface area contributed by atoms with Gasteiger partial charge in [-0.15, -0.1) is 0 Å². The van der Waals surface area contributed by atoms with E-state index in [0.29, 0.717) is 13.0 Å². The maximum Gasteiger partial charge on any atom is 0.187 e. The van der Waals surface area contributed by atoms with E-state index in [0.717, 1.165) is 0 Å². The van der Waals surface area contributed by atoms with Crippen molar-refractivity contribution < 1.29 is 9.84 Å². The van der Waals surface area contributed by atoms with Crippen LogP contribution in [0.5, 0.6) is 0 Å². The van der Waals surface area contributed by atoms with Crippen LogP contribution in [0.3, 0.4) is 0 Å². The summed E-state index contributed by atoms with van der Waals surface area (Å²) in [5.41, 5.74) is 4.95. The number of hydrogen-bond donors (Lipinski definition) is 4. The Labute approximate surface area is 59.7 Å². The lowest BCUT2D eigenvalue weighted by Crippen LogP contribution is -2.32. The van der Waals surface area contributed by atoms with Crippen molar-refractivity contribution in [3.8, 4) is 0 Å². The predicted molar refractivity (Wildman–Crippen MR) is 37.6 cm³/mol. The first kappa shape index (κ1) is 9.19. The van der Waals surface area contributed by atoms with E-state index in [1.54, 1.807) is 0 Å². The molecule has 0 aromatic carbocycles. The van der Waals surface area contributed by atoms with Gasteiger partial charge in [0.1, 0.15) is 6.73 Å². The van der Waals surface area contributed by atoms with Crippen LogP contribution in [0.1, 0.15) is 6.42 Å². The van der Waals surface area contributed by atoms with Gasteiger partial charge >= 0.3 is 0 Å². The molecule has 0 heterocycles. The number of nitrogens with two attached hydrogens (primary N) is 1. The second-order valence-corrected chi connectivity index (χ2v) is 1.72. The fraction of sp³-hybridized carbons (Fsp3) is 0.800. The Kier molecular flexibility index (Phi) is 5.80. The number of ether oxygens (including phenoxy) is 1. The monoisotopic (exact) mass is 147 g/mol. The average molecular weight is 147 g/mol. The van der Waals surface area contributed by atoms with Gasteiger partial charge in [0.05, 0.1) is 6.61 Å². The third-order valence-corrected chi connectivity index (χ3v) is 0.811. The largest absolute Gasteiger partial charge is 0.396 e. The van der Waals surface area contributed by atoms with E-state index in [-0.39, 0.29) is 19.3 Å². The van der Waals surface area contributed by atoms with Crippen molar-refractivity contribution in [3.05, 3.63) is 0 Å². The lowest BCUT2D eigenvalue weighted by molar-refractivity contribution is 0.111. The number of aliphatic hydroxyl groups excluding tert-OH is 1. The van der Waals surface area contributed by atoms with Gasteiger partial charge in [-0.05, 0) is 6.42 Å². The Morgan fingerprint density at radius 2 is 2.40 bits per heavy atom. The molecule has 0 spiro atoms. The van der Waals surface area contributed by atoms with Crippen LogP contribution in [0.15, 0.2) is 0 Å². The summed E-state index contributed by atoms with van der Waals surface area (Å²) in [4.78, 5) is 0. The minimum atomic E-state index is -0.107. The molecule has 0 fully saturated rings. The van der Waals surface area contributed by atoms with Crippen LogP contribution < -0.4 is 11.1 Å². The van der Waals surface area contributed by atoms with Crippen molar-refractivity contribution in [2.75, 3.05) is 19.9 Å². The standard InChI is InChI=1S/C5H13N3O2/c6-5(7)8-4-10-3-1-2-9/h9H,1-4H2,(H4,6,7,8). The zero-order valence-corrected chi connectivity index (χ0v) is 5.76. The highest BCUT2D eigenvalue weighted by Crippen LogP contribution is 1.77. The molecule has 0 aromatic rings. The molecule has 0 aliphatic rings. The van der Waals surface area contributed by atoms with Crippen molar-refractivity contribution in [2.24, 2.45) is 5.73 Å². The lowest BCUT2D eigenvalue weighted by atomic mass is 10.5. The molecule has 0 rings (SSSR count). The van der Waals surface area contributed by atoms with E-state index < -0.39 is 0 Å². The topological polar surface area (TPSA) is 91.4 Å². The lowest BCUT2D eigenvalue weighted by Gasteiger charge is -2.03. The summed E-state index contributed by atoms with van der Waals surface area (Å²) in [5.74, 6) is -0.107. The Balaban J connectivity index is 2.84. The van der Waals surface area contributed by atoms with Crippen molar-refractivity contribution >= 4 is 5.96 Å². The smallest absolute Gasteiger partial charge is 0.187 e. The van der Waals surface area contributed by atoms with Gasteiger partial charge in [-0.3, -0.25) is 5.41 Å². The molecule has 0 atom stereocenters. The zero-order valence-electron chi connectivity index (χ0n) is 5.76. The second-order valence-electron chi connectivity index (χ2n) is 1.72. The second kappa shape index (κ2) is 6.31. The molecule has 0 saturated heterocycles. The quantitative estimate of drug-likeness (QED) is 0.170. The maximum absolute atomic E-state index is 8.31. The van der Waals surface area contributed by atoms with Crippen LogP contribution in [0, 0.1) is 5.41 Å². The summed E-state index contributed by atoms with van der Waals surface area (Å²) < 4.78 is 4.89. The SMILES string of the molecule is N=C(N)NCOCCCO. The van der Waals surface area contributed by atoms with Gasteiger partial charge in [-0.25, -0.2) is 0 Å². The normalized spacial score (nSPS) is 9.30. The number of hydrogen-bond acceptors (Lipinski definition) is 3. The minimum Gasteiger partial charge on any atom is -0.396 e. The van der Waals surface area contributed by atoms with Crippen LogP contribution in [-0.4, -0.2) is 31.0 Å². The van der Waals surface area contributed by atoms with Crippen LogP contribution in [-0.2, 0) is 4.74 Å². The van der Waals surface area contributed by atoms with Gasteiger partial charge in [0.15, 0.2) is 5.96 Å². The first-order valence-corrected chi connectivity index (χ1v) is 3.04. The number of aliphatic hydroxyl groups is 1. The number of rotatable bonds is 5. The molecule has 0 amide bonds. The average Bonchev–Trinajstić information content (AvgIpc) is 1.87. The Morgan fingerprint density at radius 1 is 1.70 bits per heavy atom. The summed E-state index contributed by atoms with van der Waals surface area (Å²) >= 11 is 0. The summed E-state index contributed by atoms with van der Waals surface area (Å²) in [6.45, 7) is 0.839. The molecule has 0 aliphatic heterocycles. The molecule has 5 N–H and O–H groups in total. The van der Waals surface area contributed by atoms with Crippen molar-refractivity contribution in [1.82, 2.24) is 5.32 Å². The van der Waals surface area contributed by atoms with Gasteiger partial charge < -0.3 is 20.9 Å². The Bertz CT molecular complexity index is 96.9. The summed E-state index contributed by atoms with van der Waals surface area (Å²) in [6.07, 6.45) is 0.611. The summed E-state index contributed by atoms with van der Waals surface area (Å²) in [5, 5.41) is 17.5. The maximum atomic E-state index is 8.31. The van der Waals surface area contributed by atoms with Crippen LogP contribution in [0.4, 0.5) is 0 Å². The van der Waals surface area contributed by atoms with E-state index in [1.165, 1.54) is 0 Å². The zero-order chi connectivity index (χ0) is 7.82. The molecule has 0 bridgehead atoms. The van der Waals surface area contributed by atoms with E-state index in [2.05, 4.69) is 5.32 Å². The van der Waals surface area contributed by atoms with Gasteiger partial charge in [0.2, 0.25) is 0 Å². The van der Waals surface area contributed by atoms with Gasteiger partial charge in [0.25, 0.3) is 0 Å². The fourth-order valence-corrected chi connectivity index (χ4v) is 0.368. The van der Waals surface area contributed by atoms with E-state index in [4.69, 9.17) is 21.0 Å². The molecule has 0 unspecified atom stereocenters. The Hall–Kier alpha value is -0.810. The fourth-order valence-electron chi connectivity index (χ4n) is 0.368. The molecular formula is C5H13N3O2.